The molecule has 0 spiro atoms. The number of ether oxygens (including phenoxy) is 8. The lowest BCUT2D eigenvalue weighted by Crippen LogP contribution is -2.24. The molecule has 1 saturated heterocycles. The van der Waals surface area contributed by atoms with E-state index in [0.29, 0.717) is 70.6 Å². The highest BCUT2D eigenvalue weighted by molar-refractivity contribution is 5.91. The van der Waals surface area contributed by atoms with Gasteiger partial charge in [-0.05, 0) is 42.5 Å². The second kappa shape index (κ2) is 22.7. The first-order chi connectivity index (χ1) is 20.6. The van der Waals surface area contributed by atoms with Crippen molar-refractivity contribution in [3.05, 3.63) is 70.8 Å². The Bertz CT molecular complexity index is 1010. The largest absolute Gasteiger partial charge is 0.465 e. The van der Waals surface area contributed by atoms with E-state index in [0.717, 1.165) is 37.0 Å². The Morgan fingerprint density at radius 2 is 1.21 bits per heavy atom. The molecule has 1 atom stereocenters. The summed E-state index contributed by atoms with van der Waals surface area (Å²) in [6, 6.07) is 14.4. The third kappa shape index (κ3) is 14.3. The average molecular weight is 593 g/mol. The SMILES string of the molecule is COC(=O)c1ccccc1COCCOCCO.COC(=O)c1ccccc1COCCOCCOC1CCCCO1. The molecule has 1 unspecified atom stereocenters. The van der Waals surface area contributed by atoms with Crippen molar-refractivity contribution < 1.29 is 52.6 Å². The molecule has 1 N–H and O–H groups in total. The Kier molecular flexibility index (Phi) is 19.0. The van der Waals surface area contributed by atoms with Crippen molar-refractivity contribution in [1.29, 1.82) is 0 Å². The number of rotatable bonds is 18. The highest BCUT2D eigenvalue weighted by atomic mass is 16.7. The second-order valence-corrected chi connectivity index (χ2v) is 9.02. The normalized spacial score (nSPS) is 14.5. The molecule has 0 amide bonds. The maximum absolute atomic E-state index is 11.6. The Morgan fingerprint density at radius 1 is 0.714 bits per heavy atom. The Balaban J connectivity index is 0.000000307. The number of aliphatic hydroxyl groups excluding tert-OH is 1. The van der Waals surface area contributed by atoms with E-state index < -0.39 is 0 Å². The molecule has 0 aliphatic carbocycles. The first kappa shape index (κ1) is 35.3. The topological polar surface area (TPSA) is 128 Å². The van der Waals surface area contributed by atoms with Crippen molar-refractivity contribution in [2.75, 3.05) is 73.7 Å². The fourth-order valence-corrected chi connectivity index (χ4v) is 3.86. The zero-order chi connectivity index (χ0) is 30.3. The lowest BCUT2D eigenvalue weighted by molar-refractivity contribution is -0.169. The van der Waals surface area contributed by atoms with Crippen LogP contribution in [0.4, 0.5) is 0 Å². The molecule has 2 aromatic carbocycles. The van der Waals surface area contributed by atoms with Crippen LogP contribution in [0.1, 0.15) is 51.1 Å². The standard InChI is InChI=1S/C18H26O6.C13H18O5/c1-20-18(19)16-7-3-2-6-15(16)14-22-11-10-21-12-13-24-17-8-4-5-9-23-17;1-16-13(15)12-5-3-2-4-11(12)10-18-9-8-17-7-6-14/h2-3,6-7,17H,4-5,8-14H2,1H3;2-5,14H,6-10H2,1H3. The summed E-state index contributed by atoms with van der Waals surface area (Å²) in [5, 5.41) is 8.51. The van der Waals surface area contributed by atoms with Gasteiger partial charge in [-0.25, -0.2) is 9.59 Å². The van der Waals surface area contributed by atoms with Crippen molar-refractivity contribution in [3.8, 4) is 0 Å². The molecule has 11 heteroatoms. The lowest BCUT2D eigenvalue weighted by Gasteiger charge is -2.22. The van der Waals surface area contributed by atoms with Gasteiger partial charge in [-0.1, -0.05) is 36.4 Å². The van der Waals surface area contributed by atoms with E-state index in [-0.39, 0.29) is 24.8 Å². The van der Waals surface area contributed by atoms with Crippen LogP contribution >= 0.6 is 0 Å². The van der Waals surface area contributed by atoms with E-state index in [4.69, 9.17) is 38.3 Å². The van der Waals surface area contributed by atoms with Gasteiger partial charge in [0.15, 0.2) is 6.29 Å². The molecule has 11 nitrogen and oxygen atoms in total. The lowest BCUT2D eigenvalue weighted by atomic mass is 10.1. The fourth-order valence-electron chi connectivity index (χ4n) is 3.86. The molecule has 0 aromatic heterocycles. The summed E-state index contributed by atoms with van der Waals surface area (Å²) in [4.78, 5) is 23.1. The number of benzene rings is 2. The first-order valence-corrected chi connectivity index (χ1v) is 14.1. The van der Waals surface area contributed by atoms with E-state index in [1.807, 2.05) is 24.3 Å². The van der Waals surface area contributed by atoms with Gasteiger partial charge >= 0.3 is 11.9 Å². The van der Waals surface area contributed by atoms with E-state index in [2.05, 4.69) is 4.74 Å². The molecule has 0 saturated carbocycles. The maximum Gasteiger partial charge on any atom is 0.338 e. The van der Waals surface area contributed by atoms with Gasteiger partial charge in [-0.15, -0.1) is 0 Å². The summed E-state index contributed by atoms with van der Waals surface area (Å²) in [5.41, 5.74) is 2.63. The average Bonchev–Trinajstić information content (AvgIpc) is 3.04. The molecular weight excluding hydrogens is 548 g/mol. The number of carbonyl (C=O) groups is 2. The molecule has 0 bridgehead atoms. The van der Waals surface area contributed by atoms with Gasteiger partial charge in [0.1, 0.15) is 0 Å². The van der Waals surface area contributed by atoms with Crippen LogP contribution in [-0.4, -0.2) is 97.0 Å². The third-order valence-corrected chi connectivity index (χ3v) is 6.01. The summed E-state index contributed by atoms with van der Waals surface area (Å²) in [5.74, 6) is -0.724. The molecule has 0 radical (unpaired) electrons. The van der Waals surface area contributed by atoms with Crippen LogP contribution in [0.2, 0.25) is 0 Å². The number of carbonyl (C=O) groups excluding carboxylic acids is 2. The number of hydrogen-bond acceptors (Lipinski definition) is 11. The van der Waals surface area contributed by atoms with E-state index in [1.54, 1.807) is 24.3 Å². The van der Waals surface area contributed by atoms with Crippen LogP contribution in [0, 0.1) is 0 Å². The summed E-state index contributed by atoms with van der Waals surface area (Å²) < 4.78 is 41.9. The van der Waals surface area contributed by atoms with Crippen LogP contribution in [0.15, 0.2) is 48.5 Å². The van der Waals surface area contributed by atoms with Crippen LogP contribution in [-0.2, 0) is 51.1 Å². The van der Waals surface area contributed by atoms with Crippen molar-refractivity contribution >= 4 is 11.9 Å². The van der Waals surface area contributed by atoms with Crippen molar-refractivity contribution in [3.63, 3.8) is 0 Å². The maximum atomic E-state index is 11.6. The minimum absolute atomic E-state index is 0.00513. The van der Waals surface area contributed by atoms with E-state index in [1.165, 1.54) is 14.2 Å². The Morgan fingerprint density at radius 3 is 1.71 bits per heavy atom. The predicted octanol–water partition coefficient (Wildman–Crippen LogP) is 3.55. The van der Waals surface area contributed by atoms with Crippen LogP contribution in [0.5, 0.6) is 0 Å². The van der Waals surface area contributed by atoms with Gasteiger partial charge in [-0.3, -0.25) is 0 Å². The molecule has 1 aliphatic heterocycles. The molecule has 234 valence electrons. The number of esters is 2. The van der Waals surface area contributed by atoms with Crippen molar-refractivity contribution in [2.24, 2.45) is 0 Å². The highest BCUT2D eigenvalue weighted by Crippen LogP contribution is 2.14. The van der Waals surface area contributed by atoms with E-state index >= 15 is 0 Å². The first-order valence-electron chi connectivity index (χ1n) is 14.1. The smallest absolute Gasteiger partial charge is 0.338 e. The zero-order valence-corrected chi connectivity index (χ0v) is 24.6. The minimum atomic E-state index is -0.370. The monoisotopic (exact) mass is 592 g/mol. The van der Waals surface area contributed by atoms with Crippen LogP contribution < -0.4 is 0 Å². The summed E-state index contributed by atoms with van der Waals surface area (Å²) in [6.45, 7) is 4.58. The minimum Gasteiger partial charge on any atom is -0.465 e. The Hall–Kier alpha value is -2.90. The van der Waals surface area contributed by atoms with Crippen molar-refractivity contribution in [1.82, 2.24) is 0 Å². The fraction of sp³-hybridized carbons (Fsp3) is 0.548. The summed E-state index contributed by atoms with van der Waals surface area (Å²) >= 11 is 0. The highest BCUT2D eigenvalue weighted by Gasteiger charge is 2.14. The third-order valence-electron chi connectivity index (χ3n) is 6.01. The molecule has 1 fully saturated rings. The van der Waals surface area contributed by atoms with Gasteiger partial charge in [-0.2, -0.15) is 0 Å². The summed E-state index contributed by atoms with van der Waals surface area (Å²) in [7, 11) is 2.72. The quantitative estimate of drug-likeness (QED) is 0.202. The molecule has 2 aromatic rings. The van der Waals surface area contributed by atoms with Gasteiger partial charge in [0.2, 0.25) is 0 Å². The molecule has 1 heterocycles. The van der Waals surface area contributed by atoms with E-state index in [9.17, 15) is 9.59 Å². The van der Waals surface area contributed by atoms with Gasteiger partial charge in [0.05, 0.1) is 91.4 Å². The van der Waals surface area contributed by atoms with Gasteiger partial charge in [0.25, 0.3) is 0 Å². The number of aliphatic hydroxyl groups is 1. The molecular formula is C31H44O11. The number of methoxy groups -OCH3 is 2. The van der Waals surface area contributed by atoms with Crippen LogP contribution in [0.25, 0.3) is 0 Å². The van der Waals surface area contributed by atoms with Gasteiger partial charge in [0, 0.05) is 6.61 Å². The summed E-state index contributed by atoms with van der Waals surface area (Å²) in [6.07, 6.45) is 3.16. The number of hydrogen-bond donors (Lipinski definition) is 1. The molecule has 3 rings (SSSR count). The Labute approximate surface area is 247 Å². The molecule has 42 heavy (non-hydrogen) atoms. The second-order valence-electron chi connectivity index (χ2n) is 9.02. The molecule has 1 aliphatic rings. The van der Waals surface area contributed by atoms with Crippen molar-refractivity contribution in [2.45, 2.75) is 38.8 Å². The van der Waals surface area contributed by atoms with Crippen LogP contribution in [0.3, 0.4) is 0 Å². The van der Waals surface area contributed by atoms with Gasteiger partial charge < -0.3 is 43.0 Å². The predicted molar refractivity (Wildman–Crippen MR) is 153 cm³/mol. The zero-order valence-electron chi connectivity index (χ0n) is 24.6.